The molecule has 0 spiro atoms. The molecule has 7 heteroatoms. The second-order valence-corrected chi connectivity index (χ2v) is 3.97. The van der Waals surface area contributed by atoms with Crippen LogP contribution in [-0.2, 0) is 9.53 Å². The van der Waals surface area contributed by atoms with E-state index in [1.165, 1.54) is 7.05 Å². The van der Waals surface area contributed by atoms with Gasteiger partial charge in [-0.2, -0.15) is 0 Å². The van der Waals surface area contributed by atoms with Crippen LogP contribution in [0.25, 0.3) is 0 Å². The molecular formula is C14H18N2O5. The summed E-state index contributed by atoms with van der Waals surface area (Å²) in [4.78, 5) is 33.6. The summed E-state index contributed by atoms with van der Waals surface area (Å²) in [5.74, 6) is -0.303. The van der Waals surface area contributed by atoms with Gasteiger partial charge in [-0.1, -0.05) is 0 Å². The fourth-order valence-corrected chi connectivity index (χ4v) is 1.41. The van der Waals surface area contributed by atoms with Gasteiger partial charge < -0.3 is 14.8 Å². The molecule has 0 saturated carbocycles. The first-order valence-electron chi connectivity index (χ1n) is 6.48. The number of carbonyl (C=O) groups is 3. The smallest absolute Gasteiger partial charge is 0.338 e. The monoisotopic (exact) mass is 294 g/mol. The highest BCUT2D eigenvalue weighted by atomic mass is 16.5. The van der Waals surface area contributed by atoms with Gasteiger partial charge in [-0.15, -0.1) is 0 Å². The Balaban J connectivity index is 2.38. The van der Waals surface area contributed by atoms with Gasteiger partial charge in [-0.05, 0) is 31.2 Å². The lowest BCUT2D eigenvalue weighted by Crippen LogP contribution is -2.37. The Labute approximate surface area is 122 Å². The van der Waals surface area contributed by atoms with Gasteiger partial charge in [0.05, 0.1) is 25.2 Å². The van der Waals surface area contributed by atoms with E-state index in [-0.39, 0.29) is 13.0 Å². The molecule has 1 aromatic rings. The molecule has 0 aliphatic carbocycles. The van der Waals surface area contributed by atoms with E-state index in [2.05, 4.69) is 10.6 Å². The first-order chi connectivity index (χ1) is 10.1. The van der Waals surface area contributed by atoms with Crippen molar-refractivity contribution in [2.45, 2.75) is 13.3 Å². The third-order valence-electron chi connectivity index (χ3n) is 2.44. The molecule has 21 heavy (non-hydrogen) atoms. The highest BCUT2D eigenvalue weighted by Gasteiger charge is 2.07. The van der Waals surface area contributed by atoms with Crippen LogP contribution in [0.1, 0.15) is 23.7 Å². The molecule has 0 saturated heterocycles. The average molecular weight is 294 g/mol. The van der Waals surface area contributed by atoms with Crippen LogP contribution in [-0.4, -0.2) is 38.2 Å². The number of rotatable bonds is 6. The summed E-state index contributed by atoms with van der Waals surface area (Å²) in [6.07, 6.45) is 0.0487. The Morgan fingerprint density at radius 1 is 1.14 bits per heavy atom. The molecule has 0 fully saturated rings. The zero-order valence-electron chi connectivity index (χ0n) is 12.0. The van der Waals surface area contributed by atoms with Gasteiger partial charge >= 0.3 is 12.0 Å². The van der Waals surface area contributed by atoms with Gasteiger partial charge in [0.2, 0.25) is 5.91 Å². The summed E-state index contributed by atoms with van der Waals surface area (Å²) in [6.45, 7) is 2.18. The second kappa shape index (κ2) is 8.57. The number of hydrogen-bond donors (Lipinski definition) is 2. The third-order valence-corrected chi connectivity index (χ3v) is 2.44. The van der Waals surface area contributed by atoms with Gasteiger partial charge in [0.1, 0.15) is 5.75 Å². The van der Waals surface area contributed by atoms with E-state index in [1.54, 1.807) is 31.2 Å². The highest BCUT2D eigenvalue weighted by Crippen LogP contribution is 2.13. The molecular weight excluding hydrogens is 276 g/mol. The molecule has 0 unspecified atom stereocenters. The second-order valence-electron chi connectivity index (χ2n) is 3.97. The highest BCUT2D eigenvalue weighted by molar-refractivity contribution is 5.94. The number of amides is 3. The van der Waals surface area contributed by atoms with Crippen LogP contribution in [0.4, 0.5) is 4.79 Å². The molecule has 2 N–H and O–H groups in total. The van der Waals surface area contributed by atoms with E-state index < -0.39 is 17.9 Å². The number of imide groups is 1. The fraction of sp³-hybridized carbons (Fsp3) is 0.357. The summed E-state index contributed by atoms with van der Waals surface area (Å²) in [6, 6.07) is 5.83. The minimum Gasteiger partial charge on any atom is -0.493 e. The average Bonchev–Trinajstić information content (AvgIpc) is 2.48. The van der Waals surface area contributed by atoms with Crippen LogP contribution in [0, 0.1) is 0 Å². The Morgan fingerprint density at radius 3 is 2.38 bits per heavy atom. The van der Waals surface area contributed by atoms with Crippen molar-refractivity contribution in [2.75, 3.05) is 20.3 Å². The van der Waals surface area contributed by atoms with Crippen LogP contribution < -0.4 is 15.4 Å². The molecule has 3 amide bonds. The van der Waals surface area contributed by atoms with E-state index in [9.17, 15) is 14.4 Å². The first kappa shape index (κ1) is 16.5. The molecule has 0 heterocycles. The van der Waals surface area contributed by atoms with Crippen LogP contribution in [0.15, 0.2) is 24.3 Å². The van der Waals surface area contributed by atoms with Crippen molar-refractivity contribution in [3.05, 3.63) is 29.8 Å². The molecule has 1 aromatic carbocycles. The van der Waals surface area contributed by atoms with Gasteiger partial charge in [0, 0.05) is 7.05 Å². The molecule has 0 aliphatic rings. The normalized spacial score (nSPS) is 9.62. The molecule has 114 valence electrons. The summed E-state index contributed by atoms with van der Waals surface area (Å²) >= 11 is 0. The van der Waals surface area contributed by atoms with Gasteiger partial charge in [-0.25, -0.2) is 9.59 Å². The summed E-state index contributed by atoms with van der Waals surface area (Å²) in [5.41, 5.74) is 0.432. The van der Waals surface area contributed by atoms with Crippen molar-refractivity contribution < 1.29 is 23.9 Å². The lowest BCUT2D eigenvalue weighted by atomic mass is 10.2. The number of esters is 1. The predicted octanol–water partition coefficient (Wildman–Crippen LogP) is 1.09. The fourth-order valence-electron chi connectivity index (χ4n) is 1.41. The predicted molar refractivity (Wildman–Crippen MR) is 75.1 cm³/mol. The maximum absolute atomic E-state index is 11.4. The number of ether oxygens (including phenoxy) is 2. The molecule has 1 rings (SSSR count). The number of benzene rings is 1. The number of urea groups is 1. The minimum absolute atomic E-state index is 0.0487. The summed E-state index contributed by atoms with van der Waals surface area (Å²) in [7, 11) is 1.42. The van der Waals surface area contributed by atoms with Crippen molar-refractivity contribution in [3.63, 3.8) is 0 Å². The maximum atomic E-state index is 11.4. The summed E-state index contributed by atoms with van der Waals surface area (Å²) < 4.78 is 10.2. The Hall–Kier alpha value is -2.57. The van der Waals surface area contributed by atoms with Gasteiger partial charge in [0.15, 0.2) is 0 Å². The van der Waals surface area contributed by atoms with Crippen molar-refractivity contribution in [1.82, 2.24) is 10.6 Å². The number of hydrogen-bond acceptors (Lipinski definition) is 5. The van der Waals surface area contributed by atoms with Crippen molar-refractivity contribution in [1.29, 1.82) is 0 Å². The molecule has 7 nitrogen and oxygen atoms in total. The van der Waals surface area contributed by atoms with Gasteiger partial charge in [0.25, 0.3) is 0 Å². The minimum atomic E-state index is -0.557. The zero-order valence-corrected chi connectivity index (χ0v) is 12.0. The molecule has 0 atom stereocenters. The van der Waals surface area contributed by atoms with Gasteiger partial charge in [-0.3, -0.25) is 10.1 Å². The first-order valence-corrected chi connectivity index (χ1v) is 6.48. The molecule has 0 aliphatic heterocycles. The molecule has 0 aromatic heterocycles. The molecule has 0 bridgehead atoms. The quantitative estimate of drug-likeness (QED) is 0.766. The standard InChI is InChI=1S/C14H18N2O5/c1-3-20-13(18)10-4-6-11(7-5-10)21-9-8-12(17)16-14(19)15-2/h4-7H,3,8-9H2,1-2H3,(H2,15,16,17,19). The lowest BCUT2D eigenvalue weighted by molar-refractivity contribution is -0.120. The largest absolute Gasteiger partial charge is 0.493 e. The third kappa shape index (κ3) is 5.94. The van der Waals surface area contributed by atoms with E-state index in [1.807, 2.05) is 0 Å². The Kier molecular flexibility index (Phi) is 6.73. The summed E-state index contributed by atoms with van der Waals surface area (Å²) in [5, 5.41) is 4.40. The zero-order chi connectivity index (χ0) is 15.7. The number of nitrogens with one attached hydrogen (secondary N) is 2. The van der Waals surface area contributed by atoms with Crippen LogP contribution in [0.5, 0.6) is 5.75 Å². The van der Waals surface area contributed by atoms with E-state index in [0.29, 0.717) is 17.9 Å². The Morgan fingerprint density at radius 2 is 1.81 bits per heavy atom. The molecule has 0 radical (unpaired) electrons. The van der Waals surface area contributed by atoms with E-state index in [0.717, 1.165) is 0 Å². The Bertz CT molecular complexity index is 499. The lowest BCUT2D eigenvalue weighted by Gasteiger charge is -2.07. The van der Waals surface area contributed by atoms with Crippen LogP contribution in [0.2, 0.25) is 0 Å². The van der Waals surface area contributed by atoms with Crippen molar-refractivity contribution >= 4 is 17.9 Å². The maximum Gasteiger partial charge on any atom is 0.338 e. The van der Waals surface area contributed by atoms with Crippen LogP contribution in [0.3, 0.4) is 0 Å². The number of carbonyl (C=O) groups excluding carboxylic acids is 3. The topological polar surface area (TPSA) is 93.7 Å². The van der Waals surface area contributed by atoms with E-state index >= 15 is 0 Å². The van der Waals surface area contributed by atoms with Crippen molar-refractivity contribution in [3.8, 4) is 5.75 Å². The van der Waals surface area contributed by atoms with Crippen LogP contribution >= 0.6 is 0 Å². The van der Waals surface area contributed by atoms with E-state index in [4.69, 9.17) is 9.47 Å². The van der Waals surface area contributed by atoms with Crippen molar-refractivity contribution in [2.24, 2.45) is 0 Å². The SMILES string of the molecule is CCOC(=O)c1ccc(OCCC(=O)NC(=O)NC)cc1.